The number of hydrogen-bond donors (Lipinski definition) is 0. The van der Waals surface area contributed by atoms with Crippen LogP contribution < -0.4 is 0 Å². The molecule has 0 radical (unpaired) electrons. The van der Waals surface area contributed by atoms with E-state index in [2.05, 4.69) is 20.9 Å². The molecule has 0 fully saturated rings. The molecule has 17 heavy (non-hydrogen) atoms. The third-order valence-electron chi connectivity index (χ3n) is 3.33. The maximum Gasteiger partial charge on any atom is 0.160 e. The van der Waals surface area contributed by atoms with Crippen molar-refractivity contribution in [3.8, 4) is 0 Å². The Balaban J connectivity index is 2.45. The summed E-state index contributed by atoms with van der Waals surface area (Å²) in [4.78, 5) is 16.6. The summed E-state index contributed by atoms with van der Waals surface area (Å²) < 4.78 is 0.993. The molecular formula is C14H12BrNO. The Bertz CT molecular complexity index is 634. The molecule has 0 bridgehead atoms. The number of rotatable bonds is 1. The third-order valence-corrected chi connectivity index (χ3v) is 3.82. The number of pyridine rings is 1. The topological polar surface area (TPSA) is 30.0 Å². The minimum absolute atomic E-state index is 0.147. The fraction of sp³-hybridized carbons (Fsp3) is 0.286. The van der Waals surface area contributed by atoms with Gasteiger partial charge in [0.15, 0.2) is 5.78 Å². The summed E-state index contributed by atoms with van der Waals surface area (Å²) in [5.74, 6) is 0.147. The SMILES string of the molecule is CC(=O)c1c2c(nc3ccc(Br)cc13)CCC2. The Morgan fingerprint density at radius 3 is 2.94 bits per heavy atom. The molecule has 0 amide bonds. The number of halogens is 1. The highest BCUT2D eigenvalue weighted by Gasteiger charge is 2.21. The summed E-state index contributed by atoms with van der Waals surface area (Å²) in [6, 6.07) is 5.95. The third kappa shape index (κ3) is 1.69. The van der Waals surface area contributed by atoms with Gasteiger partial charge in [0, 0.05) is 21.1 Å². The van der Waals surface area contributed by atoms with Crippen molar-refractivity contribution < 1.29 is 4.79 Å². The first kappa shape index (κ1) is 10.9. The number of carbonyl (C=O) groups is 1. The number of carbonyl (C=O) groups excluding carboxylic acids is 1. The van der Waals surface area contributed by atoms with Crippen molar-refractivity contribution in [2.75, 3.05) is 0 Å². The Morgan fingerprint density at radius 1 is 1.35 bits per heavy atom. The minimum Gasteiger partial charge on any atom is -0.294 e. The second-order valence-electron chi connectivity index (χ2n) is 4.48. The monoisotopic (exact) mass is 289 g/mol. The molecule has 86 valence electrons. The lowest BCUT2D eigenvalue weighted by molar-refractivity contribution is 0.101. The van der Waals surface area contributed by atoms with Crippen LogP contribution in [0.2, 0.25) is 0 Å². The normalized spacial score (nSPS) is 14.0. The largest absolute Gasteiger partial charge is 0.294 e. The van der Waals surface area contributed by atoms with Crippen molar-refractivity contribution >= 4 is 32.6 Å². The predicted molar refractivity (Wildman–Crippen MR) is 71.5 cm³/mol. The van der Waals surface area contributed by atoms with Crippen LogP contribution in [0.3, 0.4) is 0 Å². The van der Waals surface area contributed by atoms with Gasteiger partial charge in [-0.15, -0.1) is 0 Å². The number of aromatic nitrogens is 1. The molecule has 2 aromatic rings. The first-order chi connectivity index (χ1) is 8.16. The molecule has 0 spiro atoms. The number of fused-ring (bicyclic) bond motifs is 2. The minimum atomic E-state index is 0.147. The van der Waals surface area contributed by atoms with Crippen LogP contribution in [0.1, 0.15) is 35.0 Å². The van der Waals surface area contributed by atoms with Gasteiger partial charge < -0.3 is 0 Å². The summed E-state index contributed by atoms with van der Waals surface area (Å²) in [5, 5.41) is 0.979. The number of hydrogen-bond acceptors (Lipinski definition) is 2. The van der Waals surface area contributed by atoms with E-state index in [0.29, 0.717) is 0 Å². The fourth-order valence-electron chi connectivity index (χ4n) is 2.64. The van der Waals surface area contributed by atoms with Gasteiger partial charge >= 0.3 is 0 Å². The zero-order chi connectivity index (χ0) is 12.0. The summed E-state index contributed by atoms with van der Waals surface area (Å²) in [6.45, 7) is 1.65. The molecule has 0 unspecified atom stereocenters. The fourth-order valence-corrected chi connectivity index (χ4v) is 3.00. The molecular weight excluding hydrogens is 278 g/mol. The van der Waals surface area contributed by atoms with Crippen LogP contribution in [0.4, 0.5) is 0 Å². The van der Waals surface area contributed by atoms with Gasteiger partial charge in [-0.2, -0.15) is 0 Å². The Kier molecular flexibility index (Phi) is 2.51. The molecule has 0 saturated heterocycles. The molecule has 3 rings (SSSR count). The Morgan fingerprint density at radius 2 is 2.18 bits per heavy atom. The molecule has 1 aromatic carbocycles. The number of nitrogens with zero attached hydrogens (tertiary/aromatic N) is 1. The van der Waals surface area contributed by atoms with E-state index in [1.165, 1.54) is 5.56 Å². The van der Waals surface area contributed by atoms with Crippen molar-refractivity contribution in [1.29, 1.82) is 0 Å². The van der Waals surface area contributed by atoms with E-state index in [1.54, 1.807) is 6.92 Å². The van der Waals surface area contributed by atoms with Crippen molar-refractivity contribution in [2.45, 2.75) is 26.2 Å². The van der Waals surface area contributed by atoms with Gasteiger partial charge in [-0.25, -0.2) is 0 Å². The highest BCUT2D eigenvalue weighted by Crippen LogP contribution is 2.31. The maximum absolute atomic E-state index is 11.9. The molecule has 1 aliphatic rings. The highest BCUT2D eigenvalue weighted by molar-refractivity contribution is 9.10. The van der Waals surface area contributed by atoms with Gasteiger partial charge in [0.2, 0.25) is 0 Å². The lowest BCUT2D eigenvalue weighted by atomic mass is 9.98. The summed E-state index contributed by atoms with van der Waals surface area (Å²) >= 11 is 3.46. The van der Waals surface area contributed by atoms with E-state index in [0.717, 1.165) is 45.9 Å². The second-order valence-corrected chi connectivity index (χ2v) is 5.40. The van der Waals surface area contributed by atoms with Crippen molar-refractivity contribution in [1.82, 2.24) is 4.98 Å². The van der Waals surface area contributed by atoms with Crippen LogP contribution in [-0.2, 0) is 12.8 Å². The lowest BCUT2D eigenvalue weighted by Crippen LogP contribution is -2.03. The van der Waals surface area contributed by atoms with Crippen molar-refractivity contribution in [3.05, 3.63) is 39.5 Å². The molecule has 0 atom stereocenters. The van der Waals surface area contributed by atoms with Crippen LogP contribution >= 0.6 is 15.9 Å². The predicted octanol–water partition coefficient (Wildman–Crippen LogP) is 3.69. The number of benzene rings is 1. The van der Waals surface area contributed by atoms with Crippen LogP contribution in [0.5, 0.6) is 0 Å². The van der Waals surface area contributed by atoms with Gasteiger partial charge in [-0.1, -0.05) is 15.9 Å². The van der Waals surface area contributed by atoms with E-state index in [1.807, 2.05) is 18.2 Å². The smallest absolute Gasteiger partial charge is 0.160 e. The molecule has 1 aliphatic carbocycles. The number of aryl methyl sites for hydroxylation is 1. The lowest BCUT2D eigenvalue weighted by Gasteiger charge is -2.10. The van der Waals surface area contributed by atoms with Crippen LogP contribution in [0.25, 0.3) is 10.9 Å². The number of Topliss-reactive ketones (excluding diaryl/α,β-unsaturated/α-hetero) is 1. The average Bonchev–Trinajstić information content (AvgIpc) is 2.72. The number of ketones is 1. The van der Waals surface area contributed by atoms with E-state index < -0.39 is 0 Å². The van der Waals surface area contributed by atoms with E-state index in [4.69, 9.17) is 0 Å². The molecule has 2 nitrogen and oxygen atoms in total. The standard InChI is InChI=1S/C14H12BrNO/c1-8(17)14-10-3-2-4-12(10)16-13-6-5-9(15)7-11(13)14/h5-7H,2-4H2,1H3. The summed E-state index contributed by atoms with van der Waals surface area (Å²) in [7, 11) is 0. The molecule has 0 N–H and O–H groups in total. The molecule has 0 saturated carbocycles. The van der Waals surface area contributed by atoms with Crippen LogP contribution in [-0.4, -0.2) is 10.8 Å². The first-order valence-electron chi connectivity index (χ1n) is 5.79. The van der Waals surface area contributed by atoms with Crippen LogP contribution in [0, 0.1) is 0 Å². The zero-order valence-electron chi connectivity index (χ0n) is 9.59. The first-order valence-corrected chi connectivity index (χ1v) is 6.58. The molecule has 1 aromatic heterocycles. The quantitative estimate of drug-likeness (QED) is 0.750. The molecule has 1 heterocycles. The zero-order valence-corrected chi connectivity index (χ0v) is 11.2. The summed E-state index contributed by atoms with van der Waals surface area (Å²) in [6.07, 6.45) is 3.10. The van der Waals surface area contributed by atoms with Crippen molar-refractivity contribution in [2.24, 2.45) is 0 Å². The van der Waals surface area contributed by atoms with Gasteiger partial charge in [-0.3, -0.25) is 9.78 Å². The van der Waals surface area contributed by atoms with Crippen molar-refractivity contribution in [3.63, 3.8) is 0 Å². The Labute approximate surface area is 108 Å². The van der Waals surface area contributed by atoms with Gasteiger partial charge in [-0.05, 0) is 49.9 Å². The molecule has 0 aliphatic heterocycles. The van der Waals surface area contributed by atoms with Gasteiger partial charge in [0.05, 0.1) is 5.52 Å². The summed E-state index contributed by atoms with van der Waals surface area (Å²) in [5.41, 5.74) is 4.09. The highest BCUT2D eigenvalue weighted by atomic mass is 79.9. The van der Waals surface area contributed by atoms with E-state index in [-0.39, 0.29) is 5.78 Å². The second kappa shape index (κ2) is 3.91. The Hall–Kier alpha value is -1.22. The van der Waals surface area contributed by atoms with E-state index >= 15 is 0 Å². The van der Waals surface area contributed by atoms with Gasteiger partial charge in [0.1, 0.15) is 0 Å². The maximum atomic E-state index is 11.9. The van der Waals surface area contributed by atoms with Crippen LogP contribution in [0.15, 0.2) is 22.7 Å². The van der Waals surface area contributed by atoms with Gasteiger partial charge in [0.25, 0.3) is 0 Å². The molecule has 3 heteroatoms. The average molecular weight is 290 g/mol. The van der Waals surface area contributed by atoms with E-state index in [9.17, 15) is 4.79 Å².